The molecule has 0 aromatic carbocycles. The number of esters is 2. The second-order valence-corrected chi connectivity index (χ2v) is 3.26. The predicted molar refractivity (Wildman–Crippen MR) is 59.1 cm³/mol. The second kappa shape index (κ2) is 5.29. The molecule has 0 saturated carbocycles. The first-order valence-electron chi connectivity index (χ1n) is 5.00. The third kappa shape index (κ3) is 2.72. The summed E-state index contributed by atoms with van der Waals surface area (Å²) >= 11 is 0. The number of carbonyl (C=O) groups excluding carboxylic acids is 2. The van der Waals surface area contributed by atoms with Gasteiger partial charge >= 0.3 is 11.9 Å². The molecule has 0 atom stereocenters. The molecular formula is C11H13NO5. The average Bonchev–Trinajstić information content (AvgIpc) is 2.28. The molecule has 0 fully saturated rings. The van der Waals surface area contributed by atoms with Crippen molar-refractivity contribution in [3.8, 4) is 0 Å². The van der Waals surface area contributed by atoms with E-state index in [1.807, 2.05) is 0 Å². The van der Waals surface area contributed by atoms with Crippen LogP contribution in [-0.4, -0.2) is 30.6 Å². The summed E-state index contributed by atoms with van der Waals surface area (Å²) in [7, 11) is 1.16. The first-order valence-corrected chi connectivity index (χ1v) is 5.00. The van der Waals surface area contributed by atoms with Crippen molar-refractivity contribution < 1.29 is 19.1 Å². The molecule has 0 saturated heterocycles. The summed E-state index contributed by atoms with van der Waals surface area (Å²) in [6.45, 7) is 3.43. The van der Waals surface area contributed by atoms with E-state index in [-0.39, 0.29) is 17.7 Å². The van der Waals surface area contributed by atoms with E-state index in [0.29, 0.717) is 5.69 Å². The number of carbonyl (C=O) groups is 2. The van der Waals surface area contributed by atoms with Gasteiger partial charge in [0.25, 0.3) is 5.56 Å². The normalized spacial score (nSPS) is 9.82. The minimum Gasteiger partial charge on any atom is -0.465 e. The van der Waals surface area contributed by atoms with Gasteiger partial charge in [-0.1, -0.05) is 0 Å². The van der Waals surface area contributed by atoms with Gasteiger partial charge < -0.3 is 14.5 Å². The monoisotopic (exact) mass is 239 g/mol. The number of H-pyrrole nitrogens is 1. The third-order valence-corrected chi connectivity index (χ3v) is 2.14. The van der Waals surface area contributed by atoms with E-state index < -0.39 is 17.5 Å². The van der Waals surface area contributed by atoms with Crippen LogP contribution in [0, 0.1) is 6.92 Å². The van der Waals surface area contributed by atoms with Crippen LogP contribution in [0.4, 0.5) is 0 Å². The smallest absolute Gasteiger partial charge is 0.343 e. The molecule has 0 aliphatic rings. The quantitative estimate of drug-likeness (QED) is 0.782. The molecule has 6 heteroatoms. The minimum atomic E-state index is -0.795. The Morgan fingerprint density at radius 2 is 1.94 bits per heavy atom. The van der Waals surface area contributed by atoms with Gasteiger partial charge in [0, 0.05) is 5.69 Å². The lowest BCUT2D eigenvalue weighted by molar-refractivity contribution is 0.0525. The largest absolute Gasteiger partial charge is 0.465 e. The lowest BCUT2D eigenvalue weighted by atomic mass is 10.1. The van der Waals surface area contributed by atoms with Crippen LogP contribution in [0.1, 0.15) is 33.3 Å². The van der Waals surface area contributed by atoms with Crippen LogP contribution in [0.3, 0.4) is 0 Å². The summed E-state index contributed by atoms with van der Waals surface area (Å²) in [6, 6.07) is 1.18. The standard InChI is InChI=1S/C11H13NO5/c1-4-17-11(15)7-5-8(10(14)16-3)9(13)12-6(7)2/h5H,4H2,1-3H3,(H,12,13). The van der Waals surface area contributed by atoms with E-state index in [9.17, 15) is 14.4 Å². The Hall–Kier alpha value is -2.11. The van der Waals surface area contributed by atoms with Crippen LogP contribution < -0.4 is 5.56 Å². The van der Waals surface area contributed by atoms with Crippen LogP contribution >= 0.6 is 0 Å². The second-order valence-electron chi connectivity index (χ2n) is 3.26. The van der Waals surface area contributed by atoms with Gasteiger partial charge in [-0.15, -0.1) is 0 Å². The Bertz CT molecular complexity index is 503. The third-order valence-electron chi connectivity index (χ3n) is 2.14. The number of pyridine rings is 1. The van der Waals surface area contributed by atoms with E-state index in [1.165, 1.54) is 6.07 Å². The first-order chi connectivity index (χ1) is 8.01. The van der Waals surface area contributed by atoms with Crippen LogP contribution in [0.2, 0.25) is 0 Å². The highest BCUT2D eigenvalue weighted by molar-refractivity contribution is 5.95. The molecule has 0 bridgehead atoms. The van der Waals surface area contributed by atoms with Crippen molar-refractivity contribution in [1.29, 1.82) is 0 Å². The van der Waals surface area contributed by atoms with Gasteiger partial charge in [-0.3, -0.25) is 4.79 Å². The summed E-state index contributed by atoms with van der Waals surface area (Å²) in [4.78, 5) is 36.7. The van der Waals surface area contributed by atoms with E-state index in [2.05, 4.69) is 9.72 Å². The summed E-state index contributed by atoms with van der Waals surface area (Å²) in [6.07, 6.45) is 0. The van der Waals surface area contributed by atoms with Crippen LogP contribution in [0.5, 0.6) is 0 Å². The highest BCUT2D eigenvalue weighted by Crippen LogP contribution is 2.07. The molecule has 0 amide bonds. The molecule has 0 aliphatic heterocycles. The Morgan fingerprint density at radius 1 is 1.29 bits per heavy atom. The van der Waals surface area contributed by atoms with E-state index in [1.54, 1.807) is 13.8 Å². The predicted octanol–water partition coefficient (Wildman–Crippen LogP) is 0.647. The summed E-state index contributed by atoms with van der Waals surface area (Å²) < 4.78 is 9.24. The van der Waals surface area contributed by atoms with Crippen LogP contribution in [-0.2, 0) is 9.47 Å². The van der Waals surface area contributed by atoms with Crippen molar-refractivity contribution in [2.75, 3.05) is 13.7 Å². The molecule has 0 spiro atoms. The molecule has 92 valence electrons. The Morgan fingerprint density at radius 3 is 2.47 bits per heavy atom. The number of aromatic nitrogens is 1. The van der Waals surface area contributed by atoms with E-state index >= 15 is 0 Å². The number of aromatic amines is 1. The first kappa shape index (κ1) is 13.0. The minimum absolute atomic E-state index is 0.145. The fourth-order valence-electron chi connectivity index (χ4n) is 1.31. The molecule has 0 aliphatic carbocycles. The zero-order valence-electron chi connectivity index (χ0n) is 9.83. The molecule has 17 heavy (non-hydrogen) atoms. The number of methoxy groups -OCH3 is 1. The van der Waals surface area contributed by atoms with Gasteiger partial charge in [0.2, 0.25) is 0 Å². The van der Waals surface area contributed by atoms with Crippen molar-refractivity contribution >= 4 is 11.9 Å². The molecule has 1 N–H and O–H groups in total. The van der Waals surface area contributed by atoms with E-state index in [4.69, 9.17) is 4.74 Å². The average molecular weight is 239 g/mol. The number of nitrogens with one attached hydrogen (secondary N) is 1. The highest BCUT2D eigenvalue weighted by Gasteiger charge is 2.18. The zero-order valence-corrected chi connectivity index (χ0v) is 9.83. The molecule has 1 aromatic heterocycles. The van der Waals surface area contributed by atoms with Crippen molar-refractivity contribution in [3.05, 3.63) is 33.2 Å². The van der Waals surface area contributed by atoms with Crippen molar-refractivity contribution in [2.24, 2.45) is 0 Å². The van der Waals surface area contributed by atoms with Gasteiger partial charge in [-0.05, 0) is 19.9 Å². The molecule has 1 rings (SSSR count). The maximum Gasteiger partial charge on any atom is 0.343 e. The summed E-state index contributed by atoms with van der Waals surface area (Å²) in [5, 5.41) is 0. The van der Waals surface area contributed by atoms with E-state index in [0.717, 1.165) is 7.11 Å². The fourth-order valence-corrected chi connectivity index (χ4v) is 1.31. The van der Waals surface area contributed by atoms with Gasteiger partial charge in [0.1, 0.15) is 5.56 Å². The van der Waals surface area contributed by atoms with Gasteiger partial charge in [0.05, 0.1) is 19.3 Å². The highest BCUT2D eigenvalue weighted by atomic mass is 16.5. The lowest BCUT2D eigenvalue weighted by Gasteiger charge is -2.06. The maximum absolute atomic E-state index is 11.5. The summed E-state index contributed by atoms with van der Waals surface area (Å²) in [5.74, 6) is -1.39. The van der Waals surface area contributed by atoms with Gasteiger partial charge in [0.15, 0.2) is 0 Å². The number of aryl methyl sites for hydroxylation is 1. The Labute approximate surface area is 97.6 Å². The van der Waals surface area contributed by atoms with Crippen LogP contribution in [0.15, 0.2) is 10.9 Å². The van der Waals surface area contributed by atoms with Gasteiger partial charge in [-0.2, -0.15) is 0 Å². The molecule has 6 nitrogen and oxygen atoms in total. The lowest BCUT2D eigenvalue weighted by Crippen LogP contribution is -2.22. The molecule has 0 unspecified atom stereocenters. The van der Waals surface area contributed by atoms with Crippen LogP contribution in [0.25, 0.3) is 0 Å². The van der Waals surface area contributed by atoms with Crippen molar-refractivity contribution in [2.45, 2.75) is 13.8 Å². The van der Waals surface area contributed by atoms with Crippen molar-refractivity contribution in [3.63, 3.8) is 0 Å². The Kier molecular flexibility index (Phi) is 4.03. The van der Waals surface area contributed by atoms with Crippen molar-refractivity contribution in [1.82, 2.24) is 4.98 Å². The SMILES string of the molecule is CCOC(=O)c1cc(C(=O)OC)c(=O)[nH]c1C. The summed E-state index contributed by atoms with van der Waals surface area (Å²) in [5.41, 5.74) is -0.323. The topological polar surface area (TPSA) is 85.5 Å². The molecular weight excluding hydrogens is 226 g/mol. The van der Waals surface area contributed by atoms with Gasteiger partial charge in [-0.25, -0.2) is 9.59 Å². The molecule has 1 aromatic rings. The Balaban J connectivity index is 3.28. The molecule has 0 radical (unpaired) electrons. The fraction of sp³-hybridized carbons (Fsp3) is 0.364. The zero-order chi connectivity index (χ0) is 13.0. The number of ether oxygens (including phenoxy) is 2. The number of hydrogen-bond donors (Lipinski definition) is 1. The number of rotatable bonds is 3. The number of hydrogen-bond acceptors (Lipinski definition) is 5. The molecule has 1 heterocycles. The maximum atomic E-state index is 11.5.